The monoisotopic (exact) mass is 1140 g/mol. The second-order valence-corrected chi connectivity index (χ2v) is 17.3. The molecule has 0 spiro atoms. The van der Waals surface area contributed by atoms with Crippen molar-refractivity contribution in [3.8, 4) is 0 Å². The van der Waals surface area contributed by atoms with Gasteiger partial charge in [0.25, 0.3) is 0 Å². The smallest absolute Gasteiger partial charge is 0.870 e. The van der Waals surface area contributed by atoms with E-state index in [0.29, 0.717) is 23.3 Å². The van der Waals surface area contributed by atoms with Crippen molar-refractivity contribution >= 4 is 46.1 Å². The fraction of sp³-hybridized carbons (Fsp3) is 0.833. The fourth-order valence-electron chi connectivity index (χ4n) is 6.37. The van der Waals surface area contributed by atoms with Crippen molar-refractivity contribution in [3.63, 3.8) is 0 Å². The Kier molecular flexibility index (Phi) is 50.4. The van der Waals surface area contributed by atoms with E-state index in [1.165, 1.54) is 42.5 Å². The van der Waals surface area contributed by atoms with E-state index < -0.39 is 25.2 Å². The number of allylic oxidation sites excluding steroid dienone is 1. The molecule has 362 valence electrons. The van der Waals surface area contributed by atoms with Crippen molar-refractivity contribution in [3.05, 3.63) is 11.6 Å². The van der Waals surface area contributed by atoms with E-state index in [0.717, 1.165) is 123 Å². The van der Waals surface area contributed by atoms with Gasteiger partial charge in [0, 0.05) is 118 Å². The van der Waals surface area contributed by atoms with Gasteiger partial charge in [-0.05, 0) is 97.1 Å². The Morgan fingerprint density at radius 2 is 1.03 bits per heavy atom. The zero-order chi connectivity index (χ0) is 45.9. The molecule has 4 saturated heterocycles. The van der Waals surface area contributed by atoms with E-state index in [2.05, 4.69) is 31.6 Å². The summed E-state index contributed by atoms with van der Waals surface area (Å²) >= 11 is 0. The summed E-state index contributed by atoms with van der Waals surface area (Å²) in [4.78, 5) is 53.8. The minimum atomic E-state index is -3.32. The Morgan fingerprint density at radius 1 is 0.683 bits per heavy atom. The van der Waals surface area contributed by atoms with Crippen LogP contribution in [0.25, 0.3) is 0 Å². The van der Waals surface area contributed by atoms with Crippen molar-refractivity contribution in [1.82, 2.24) is 0 Å². The van der Waals surface area contributed by atoms with Crippen LogP contribution in [0.4, 0.5) is 0 Å². The van der Waals surface area contributed by atoms with E-state index >= 15 is 0 Å². The molecule has 4 heterocycles. The normalized spacial score (nSPS) is 18.4. The number of esters is 3. The second kappa shape index (κ2) is 44.8. The number of hydrogen-bond donors (Lipinski definition) is 1. The van der Waals surface area contributed by atoms with Crippen molar-refractivity contribution in [2.75, 3.05) is 88.4 Å². The molecule has 3 atom stereocenters. The molecule has 63 heavy (non-hydrogen) atoms. The van der Waals surface area contributed by atoms with E-state index in [-0.39, 0.29) is 92.6 Å². The first-order valence-corrected chi connectivity index (χ1v) is 21.9. The molecule has 0 saturated carbocycles. The number of aliphatic carboxylic acids is 1. The first-order chi connectivity index (χ1) is 28.6. The molecule has 2 radical (unpaired) electrons. The summed E-state index contributed by atoms with van der Waals surface area (Å²) in [5.74, 6) is 0.187. The summed E-state index contributed by atoms with van der Waals surface area (Å²) < 4.78 is 60.4. The first-order valence-electron chi connectivity index (χ1n) is 20.8. The molecule has 0 aromatic heterocycles. The number of carbonyl (C=O) groups is 5. The van der Waals surface area contributed by atoms with Gasteiger partial charge in [-0.25, -0.2) is 4.79 Å². The Hall–Kier alpha value is -1.05. The molecule has 21 heteroatoms. The number of carboxylic acid groups (broad SMARTS) is 1. The molecule has 0 aromatic rings. The van der Waals surface area contributed by atoms with E-state index in [1.807, 2.05) is 13.0 Å². The maximum absolute atomic E-state index is 11.5. The fourth-order valence-corrected chi connectivity index (χ4v) is 7.51. The number of aldehydes is 1. The first kappa shape index (κ1) is 71.0. The zero-order valence-corrected chi connectivity index (χ0v) is 44.0. The number of ether oxygens (including phenoxy) is 7. The van der Waals surface area contributed by atoms with Crippen LogP contribution in [-0.2, 0) is 70.7 Å². The predicted molar refractivity (Wildman–Crippen MR) is 232 cm³/mol. The topological polar surface area (TPSA) is 236 Å². The molecule has 4 aliphatic heterocycles. The SMILES string of the molecule is C.CC(CC1CCOCC1)C(=O)O.COC(=O)/C(C)=C/C1CCOCC1.COC(=O)C(C)CC1CCOCC1.COC(=O)C(C)P(=O)(OC)OC.O=CC1CCOCC1.[2H][B].[Li+].[OH-].[U]. The summed E-state index contributed by atoms with van der Waals surface area (Å²) in [6.07, 6.45) is 12.8. The van der Waals surface area contributed by atoms with Gasteiger partial charge in [-0.1, -0.05) is 27.4 Å². The van der Waals surface area contributed by atoms with Gasteiger partial charge in [-0.3, -0.25) is 18.9 Å². The van der Waals surface area contributed by atoms with Gasteiger partial charge >= 0.3 is 50.3 Å². The average molecular weight is 1140 g/mol. The molecule has 0 amide bonds. The molecule has 3 unspecified atom stereocenters. The molecular formula is C42H79BLiO17PU. The molecule has 0 bridgehead atoms. The van der Waals surface area contributed by atoms with E-state index in [1.54, 1.807) is 13.8 Å². The molecule has 4 aliphatic rings. The van der Waals surface area contributed by atoms with Crippen molar-refractivity contribution < 1.29 is 131 Å². The molecule has 0 aliphatic carbocycles. The summed E-state index contributed by atoms with van der Waals surface area (Å²) in [6.45, 7) is 13.4. The van der Waals surface area contributed by atoms with Gasteiger partial charge in [-0.2, -0.15) is 0 Å². The summed E-state index contributed by atoms with van der Waals surface area (Å²) in [7, 11) is 6.95. The minimum absolute atomic E-state index is 0. The van der Waals surface area contributed by atoms with E-state index in [4.69, 9.17) is 25.4 Å². The van der Waals surface area contributed by atoms with Crippen molar-refractivity contribution in [1.29, 1.82) is 1.34 Å². The number of hydrogen-bond acceptors (Lipinski definition) is 16. The van der Waals surface area contributed by atoms with Crippen LogP contribution >= 0.6 is 7.60 Å². The van der Waals surface area contributed by atoms with Crippen LogP contribution in [-0.4, -0.2) is 145 Å². The summed E-state index contributed by atoms with van der Waals surface area (Å²) in [5.41, 5.74) is -0.188. The molecule has 17 nitrogen and oxygen atoms in total. The Bertz CT molecular complexity index is 1240. The predicted octanol–water partition coefficient (Wildman–Crippen LogP) is 3.13. The third-order valence-electron chi connectivity index (χ3n) is 10.3. The third-order valence-corrected chi connectivity index (χ3v) is 12.5. The van der Waals surface area contributed by atoms with Gasteiger partial charge in [0.15, 0.2) is 5.66 Å². The van der Waals surface area contributed by atoms with Crippen LogP contribution in [0.1, 0.15) is 99.3 Å². The second-order valence-electron chi connectivity index (χ2n) is 14.7. The van der Waals surface area contributed by atoms with Crippen LogP contribution < -0.4 is 18.9 Å². The summed E-state index contributed by atoms with van der Waals surface area (Å²) in [6, 6.07) is 0. The van der Waals surface area contributed by atoms with Gasteiger partial charge in [-0.15, -0.1) is 0 Å². The quantitative estimate of drug-likeness (QED) is 0.0697. The molecule has 4 fully saturated rings. The van der Waals surface area contributed by atoms with Gasteiger partial charge in [0.2, 0.25) is 0 Å². The molecular weight excluding hydrogens is 1060 g/mol. The largest absolute Gasteiger partial charge is 1.00 e. The minimum Gasteiger partial charge on any atom is -0.870 e. The van der Waals surface area contributed by atoms with Gasteiger partial charge in [0.05, 0.1) is 33.2 Å². The standard InChI is InChI=1S/C10H18O3.C10H16O3.C9H16O3.C6H13O5P.C6H10O2.CH4.BH.Li.H2O.U/c2*1-8(10(11)12-2)7-9-3-5-13-6-4-9;1-7(9(10)11)6-8-2-4-12-5-3-8;1-5(6(7)9-2)12(8,10-3)11-4;7-5-6-1-3-8-4-2-6;;;;;/h8-9H,3-7H2,1-2H3;7,9H,3-6H2,1-2H3;7-8H,2-6H2,1H3,(H,10,11);5H,1-4H3;5-6H,1-4H2;1H4;1H;;1H2;/q;;;;;;;+1;;/p-1/b;8-7+;;;;;;;;/i;;;;;;1D;;;. The number of carboxylic acids is 1. The zero-order valence-electron chi connectivity index (χ0n) is 40.0. The average Bonchev–Trinajstić information content (AvgIpc) is 3.30. The Morgan fingerprint density at radius 3 is 1.33 bits per heavy atom. The number of carbonyl (C=O) groups excluding carboxylic acids is 4. The van der Waals surface area contributed by atoms with Crippen LogP contribution in [0.3, 0.4) is 0 Å². The van der Waals surface area contributed by atoms with Gasteiger partial charge < -0.3 is 57.6 Å². The third kappa shape index (κ3) is 34.0. The maximum atomic E-state index is 11.5. The number of methoxy groups -OCH3 is 3. The van der Waals surface area contributed by atoms with Gasteiger partial charge in [0.1, 0.15) is 6.29 Å². The molecule has 2 N–H and O–H groups in total. The molecule has 4 rings (SSSR count). The Labute approximate surface area is 416 Å². The van der Waals surface area contributed by atoms with Crippen molar-refractivity contribution in [2.24, 2.45) is 35.5 Å². The van der Waals surface area contributed by atoms with Crippen LogP contribution in [0, 0.1) is 66.6 Å². The number of rotatable bonds is 13. The summed E-state index contributed by atoms with van der Waals surface area (Å²) in [5, 5.41) is 8.68. The van der Waals surface area contributed by atoms with Crippen LogP contribution in [0.15, 0.2) is 11.6 Å². The molecule has 0 aromatic carbocycles. The van der Waals surface area contributed by atoms with Crippen LogP contribution in [0.2, 0.25) is 0 Å². The Balaban J connectivity index is -0.000000161. The maximum Gasteiger partial charge on any atom is 1.00 e. The van der Waals surface area contributed by atoms with Crippen LogP contribution in [0.5, 0.6) is 0 Å². The van der Waals surface area contributed by atoms with E-state index in [9.17, 15) is 28.5 Å². The van der Waals surface area contributed by atoms with Crippen molar-refractivity contribution in [2.45, 2.75) is 105 Å².